The quantitative estimate of drug-likeness (QED) is 0.0333. The molecule has 78 heavy (non-hydrogen) atoms. The van der Waals surface area contributed by atoms with Gasteiger partial charge in [0.1, 0.15) is 35.6 Å². The normalized spacial score (nSPS) is 43.1. The van der Waals surface area contributed by atoms with Gasteiger partial charge in [0.05, 0.1) is 60.6 Å². The highest BCUT2D eigenvalue weighted by atomic mass is 32.2. The average Bonchev–Trinajstić information content (AvgIpc) is 4.20. The summed E-state index contributed by atoms with van der Waals surface area (Å²) in [5.41, 5.74) is -3.34. The van der Waals surface area contributed by atoms with Crippen molar-refractivity contribution in [2.45, 2.75) is 194 Å². The van der Waals surface area contributed by atoms with Crippen LogP contribution in [-0.2, 0) is 57.1 Å². The minimum atomic E-state index is -0.977. The Bertz CT molecular complexity index is 2310. The fraction of sp³-hybridized carbons (Fsp3) is 0.875. The molecule has 0 spiro atoms. The molecule has 2 aliphatic heterocycles. The first kappa shape index (κ1) is 56.1. The number of thioether (sulfide) groups is 2. The van der Waals surface area contributed by atoms with Crippen molar-refractivity contribution in [1.29, 1.82) is 0 Å². The van der Waals surface area contributed by atoms with E-state index in [2.05, 4.69) is 47.8 Å². The highest BCUT2D eigenvalue weighted by molar-refractivity contribution is 7.99. The maximum atomic E-state index is 14.8. The summed E-state index contributed by atoms with van der Waals surface area (Å²) < 4.78 is 51.0. The molecule has 434 valence electrons. The fourth-order valence-electron chi connectivity index (χ4n) is 19.7. The Morgan fingerprint density at radius 1 is 0.526 bits per heavy atom. The van der Waals surface area contributed by atoms with Gasteiger partial charge in [-0.05, 0) is 185 Å². The second-order valence-corrected chi connectivity index (χ2v) is 32.4. The van der Waals surface area contributed by atoms with Gasteiger partial charge in [0.2, 0.25) is 0 Å². The molecule has 14 rings (SSSR count). The van der Waals surface area contributed by atoms with E-state index in [1.165, 1.54) is 38.5 Å². The van der Waals surface area contributed by atoms with Crippen molar-refractivity contribution >= 4 is 47.4 Å². The molecule has 0 aromatic rings. The Kier molecular flexibility index (Phi) is 14.9. The second kappa shape index (κ2) is 20.7. The number of allylic oxidation sites excluding steroid dienone is 2. The Morgan fingerprint density at radius 3 is 1.42 bits per heavy atom. The standard InChI is InChI=1S/C64H94O12S2/c1-35(75-63(9)43-19-37-17-38(21-43)22-44(63)20-37)59(3,4)31-61(7,36(2)71-51-41-27-47-49(29-41)55(65)72-53(47)51)33-77-15-13-69-11-12-70-14-16-78-34-62(8,58(68)76-64(10)45-23-39-18-40(25-45)26-46(64)24-39)32-60(5,6)57(67)74-52-42-28-48-50(30-42)56(66)73-54(48)52/h37-54H,1-2,11-34H2,3-10H3. The third kappa shape index (κ3) is 10.0. The molecule has 12 nitrogen and oxygen atoms in total. The predicted molar refractivity (Wildman–Crippen MR) is 300 cm³/mol. The van der Waals surface area contributed by atoms with Crippen molar-refractivity contribution in [3.63, 3.8) is 0 Å². The fourth-order valence-corrected chi connectivity index (χ4v) is 21.8. The van der Waals surface area contributed by atoms with Gasteiger partial charge in [0, 0.05) is 57.5 Å². The van der Waals surface area contributed by atoms with E-state index < -0.39 is 27.9 Å². The summed E-state index contributed by atoms with van der Waals surface area (Å²) in [5, 5.41) is 0. The maximum Gasteiger partial charge on any atom is 0.313 e. The number of hydrogen-bond acceptors (Lipinski definition) is 14. The highest BCUT2D eigenvalue weighted by Crippen LogP contribution is 2.63. The zero-order valence-corrected chi connectivity index (χ0v) is 50.1. The largest absolute Gasteiger partial charge is 0.491 e. The van der Waals surface area contributed by atoms with Crippen LogP contribution in [0, 0.1) is 105 Å². The molecule has 2 heterocycles. The zero-order chi connectivity index (χ0) is 54.9. The summed E-state index contributed by atoms with van der Waals surface area (Å²) in [5.74, 6) is 9.67. The van der Waals surface area contributed by atoms with Crippen molar-refractivity contribution in [3.8, 4) is 0 Å². The van der Waals surface area contributed by atoms with Crippen LogP contribution in [0.4, 0.5) is 0 Å². The van der Waals surface area contributed by atoms with E-state index >= 15 is 0 Å². The first-order valence-corrected chi connectivity index (χ1v) is 33.2. The first-order valence-electron chi connectivity index (χ1n) is 30.9. The van der Waals surface area contributed by atoms with E-state index in [0.717, 1.165) is 104 Å². The molecule has 12 bridgehead atoms. The number of esters is 4. The zero-order valence-electron chi connectivity index (χ0n) is 48.5. The van der Waals surface area contributed by atoms with Crippen molar-refractivity contribution in [1.82, 2.24) is 0 Å². The molecule has 14 aliphatic rings. The van der Waals surface area contributed by atoms with Gasteiger partial charge in [-0.25, -0.2) is 0 Å². The van der Waals surface area contributed by atoms with E-state index in [0.29, 0.717) is 67.5 Å². The van der Waals surface area contributed by atoms with E-state index in [4.69, 9.17) is 37.9 Å². The van der Waals surface area contributed by atoms with E-state index in [1.807, 2.05) is 32.5 Å². The van der Waals surface area contributed by atoms with Gasteiger partial charge in [-0.2, -0.15) is 23.5 Å². The molecule has 12 unspecified atom stereocenters. The van der Waals surface area contributed by atoms with Gasteiger partial charge < -0.3 is 37.9 Å². The van der Waals surface area contributed by atoms with Crippen molar-refractivity contribution in [2.75, 3.05) is 49.4 Å². The number of ether oxygens (including phenoxy) is 8. The Morgan fingerprint density at radius 2 is 0.949 bits per heavy atom. The van der Waals surface area contributed by atoms with Gasteiger partial charge in [-0.1, -0.05) is 33.9 Å². The molecule has 0 aromatic carbocycles. The van der Waals surface area contributed by atoms with Crippen molar-refractivity contribution in [3.05, 3.63) is 24.7 Å². The van der Waals surface area contributed by atoms with Gasteiger partial charge in [0.25, 0.3) is 0 Å². The van der Waals surface area contributed by atoms with Crippen LogP contribution in [0.2, 0.25) is 0 Å². The number of fused-ring (bicyclic) bond motifs is 2. The molecule has 12 aliphatic carbocycles. The van der Waals surface area contributed by atoms with Crippen LogP contribution in [-0.4, -0.2) is 109 Å². The van der Waals surface area contributed by atoms with Crippen LogP contribution in [0.15, 0.2) is 24.7 Å². The van der Waals surface area contributed by atoms with Crippen molar-refractivity contribution < 1.29 is 57.1 Å². The lowest BCUT2D eigenvalue weighted by molar-refractivity contribution is -0.212. The van der Waals surface area contributed by atoms with Gasteiger partial charge in [-0.3, -0.25) is 19.2 Å². The third-order valence-electron chi connectivity index (χ3n) is 23.6. The number of hydrogen-bond donors (Lipinski definition) is 0. The second-order valence-electron chi connectivity index (χ2n) is 30.1. The first-order chi connectivity index (χ1) is 36.9. The van der Waals surface area contributed by atoms with E-state index in [-0.39, 0.29) is 89.2 Å². The minimum absolute atomic E-state index is 0.0338. The molecule has 0 radical (unpaired) electrons. The van der Waals surface area contributed by atoms with E-state index in [1.54, 1.807) is 11.8 Å². The minimum Gasteiger partial charge on any atom is -0.491 e. The summed E-state index contributed by atoms with van der Waals surface area (Å²) in [6.07, 6.45) is 15.8. The summed E-state index contributed by atoms with van der Waals surface area (Å²) in [4.78, 5) is 54.1. The summed E-state index contributed by atoms with van der Waals surface area (Å²) in [6.45, 7) is 28.5. The molecule has 14 heteroatoms. The Hall–Kier alpha value is -2.42. The topological polar surface area (TPSA) is 142 Å². The lowest BCUT2D eigenvalue weighted by Gasteiger charge is -2.60. The third-order valence-corrected chi connectivity index (χ3v) is 26.2. The molecular formula is C64H94O12S2. The lowest BCUT2D eigenvalue weighted by atomic mass is 9.50. The summed E-state index contributed by atoms with van der Waals surface area (Å²) in [6, 6.07) is 0. The number of carbonyl (C=O) groups excluding carboxylic acids is 4. The van der Waals surface area contributed by atoms with Gasteiger partial charge in [0.15, 0.2) is 0 Å². The van der Waals surface area contributed by atoms with Crippen LogP contribution in [0.1, 0.15) is 158 Å². The van der Waals surface area contributed by atoms with E-state index in [9.17, 15) is 19.2 Å². The molecule has 12 atom stereocenters. The monoisotopic (exact) mass is 1120 g/mol. The molecule has 0 N–H and O–H groups in total. The van der Waals surface area contributed by atoms with Gasteiger partial charge >= 0.3 is 23.9 Å². The Labute approximate surface area is 474 Å². The molecule has 0 amide bonds. The molecule has 2 saturated heterocycles. The predicted octanol–water partition coefficient (Wildman–Crippen LogP) is 11.8. The highest BCUT2D eigenvalue weighted by Gasteiger charge is 2.66. The van der Waals surface area contributed by atoms with Crippen LogP contribution in [0.3, 0.4) is 0 Å². The van der Waals surface area contributed by atoms with Gasteiger partial charge in [-0.15, -0.1) is 0 Å². The number of carbonyl (C=O) groups is 4. The maximum absolute atomic E-state index is 14.8. The Balaban J connectivity index is 0.613. The van der Waals surface area contributed by atoms with Crippen LogP contribution in [0.25, 0.3) is 0 Å². The van der Waals surface area contributed by atoms with Crippen LogP contribution < -0.4 is 0 Å². The summed E-state index contributed by atoms with van der Waals surface area (Å²) in [7, 11) is 0. The molecule has 12 saturated carbocycles. The molecule has 14 fully saturated rings. The smallest absolute Gasteiger partial charge is 0.313 e. The van der Waals surface area contributed by atoms with Crippen molar-refractivity contribution in [2.24, 2.45) is 105 Å². The SMILES string of the molecule is C=C(OC1(C)C2CC3CC(C2)CC1C3)C(C)(C)CC(C)(CSCCOCCOCCSCC(C)(CC(C)(C)C(=O)OC1C2CC3C(=O)OC1C3C2)C(=O)OC1(C)C2CC3CC(C2)CC1C3)C(=C)OC1C2CC3C(=O)OC1C3C2. The summed E-state index contributed by atoms with van der Waals surface area (Å²) >= 11 is 3.51. The number of rotatable bonds is 27. The van der Waals surface area contributed by atoms with Crippen LogP contribution >= 0.6 is 23.5 Å². The average molecular weight is 1120 g/mol. The lowest BCUT2D eigenvalue weighted by Crippen LogP contribution is -2.59. The van der Waals surface area contributed by atoms with Crippen LogP contribution in [0.5, 0.6) is 0 Å². The molecule has 0 aromatic heterocycles. The molecular weight excluding hydrogens is 1020 g/mol.